The second kappa shape index (κ2) is 6.47. The zero-order valence-electron chi connectivity index (χ0n) is 14.9. The van der Waals surface area contributed by atoms with E-state index < -0.39 is 0 Å². The molecule has 4 nitrogen and oxygen atoms in total. The van der Waals surface area contributed by atoms with Gasteiger partial charge >= 0.3 is 5.97 Å². The average molecular weight is 341 g/mol. The van der Waals surface area contributed by atoms with Gasteiger partial charge in [0.15, 0.2) is 6.61 Å². The number of carbonyl (C=O) groups is 2. The quantitative estimate of drug-likeness (QED) is 0.836. The molecule has 25 heavy (non-hydrogen) atoms. The van der Waals surface area contributed by atoms with Gasteiger partial charge in [-0.05, 0) is 74.3 Å². The third-order valence-electron chi connectivity index (χ3n) is 6.54. The van der Waals surface area contributed by atoms with E-state index in [1.165, 1.54) is 19.3 Å². The number of esters is 1. The van der Waals surface area contributed by atoms with Gasteiger partial charge in [0.1, 0.15) is 0 Å². The zero-order valence-corrected chi connectivity index (χ0v) is 14.9. The van der Waals surface area contributed by atoms with Crippen LogP contribution in [-0.4, -0.2) is 18.5 Å². The molecular weight excluding hydrogens is 314 g/mol. The number of hydrogen-bond acceptors (Lipinski definition) is 3. The molecule has 4 saturated carbocycles. The molecule has 0 unspecified atom stereocenters. The van der Waals surface area contributed by atoms with Crippen molar-refractivity contribution in [3.05, 3.63) is 35.4 Å². The van der Waals surface area contributed by atoms with Crippen LogP contribution in [-0.2, 0) is 20.9 Å². The summed E-state index contributed by atoms with van der Waals surface area (Å²) in [5, 5.41) is 2.85. The first kappa shape index (κ1) is 16.6. The molecule has 0 spiro atoms. The summed E-state index contributed by atoms with van der Waals surface area (Å²) in [6, 6.07) is 7.96. The van der Waals surface area contributed by atoms with Gasteiger partial charge in [0, 0.05) is 6.54 Å². The van der Waals surface area contributed by atoms with Crippen LogP contribution >= 0.6 is 0 Å². The van der Waals surface area contributed by atoms with Crippen molar-refractivity contribution >= 4 is 11.9 Å². The summed E-state index contributed by atoms with van der Waals surface area (Å²) in [5.74, 6) is 1.76. The lowest BCUT2D eigenvalue weighted by atomic mass is 9.49. The monoisotopic (exact) mass is 341 g/mol. The largest absolute Gasteiger partial charge is 0.455 e. The first-order valence-electron chi connectivity index (χ1n) is 9.52. The van der Waals surface area contributed by atoms with Crippen molar-refractivity contribution in [3.8, 4) is 0 Å². The van der Waals surface area contributed by atoms with Crippen LogP contribution in [0, 0.1) is 30.1 Å². The number of benzene rings is 1. The Labute approximate surface area is 149 Å². The SMILES string of the molecule is Cc1ccccc1CNC(=O)COC(=O)C12CC3CC(CC(C3)C1)C2. The van der Waals surface area contributed by atoms with E-state index >= 15 is 0 Å². The molecule has 1 amide bonds. The van der Waals surface area contributed by atoms with E-state index in [-0.39, 0.29) is 23.9 Å². The molecule has 0 radical (unpaired) electrons. The summed E-state index contributed by atoms with van der Waals surface area (Å²) in [5.41, 5.74) is 1.95. The Bertz CT molecular complexity index is 646. The molecular formula is C21H27NO3. The Morgan fingerprint density at radius 3 is 2.28 bits per heavy atom. The van der Waals surface area contributed by atoms with Crippen LogP contribution in [0.15, 0.2) is 24.3 Å². The van der Waals surface area contributed by atoms with Gasteiger partial charge < -0.3 is 10.1 Å². The molecule has 5 rings (SSSR count). The maximum atomic E-state index is 12.7. The molecule has 4 heteroatoms. The Balaban J connectivity index is 1.29. The molecule has 4 bridgehead atoms. The van der Waals surface area contributed by atoms with Crippen LogP contribution in [0.5, 0.6) is 0 Å². The molecule has 1 aromatic carbocycles. The Kier molecular flexibility index (Phi) is 4.30. The summed E-state index contributed by atoms with van der Waals surface area (Å²) >= 11 is 0. The fraction of sp³-hybridized carbons (Fsp3) is 0.619. The van der Waals surface area contributed by atoms with Gasteiger partial charge in [-0.3, -0.25) is 9.59 Å². The van der Waals surface area contributed by atoms with Gasteiger partial charge in [-0.1, -0.05) is 24.3 Å². The minimum Gasteiger partial charge on any atom is -0.455 e. The molecule has 1 aromatic rings. The first-order chi connectivity index (χ1) is 12.0. The smallest absolute Gasteiger partial charge is 0.312 e. The van der Waals surface area contributed by atoms with Crippen molar-refractivity contribution in [1.29, 1.82) is 0 Å². The molecule has 4 aliphatic rings. The standard InChI is InChI=1S/C21H27NO3/c1-14-4-2-3-5-18(14)12-22-19(23)13-25-20(24)21-9-15-6-16(10-21)8-17(7-15)11-21/h2-5,15-17H,6-13H2,1H3,(H,22,23). The van der Waals surface area contributed by atoms with Crippen molar-refractivity contribution in [2.75, 3.05) is 6.61 Å². The van der Waals surface area contributed by atoms with Crippen LogP contribution in [0.1, 0.15) is 49.7 Å². The third kappa shape index (κ3) is 3.31. The number of aryl methyl sites for hydroxylation is 1. The topological polar surface area (TPSA) is 55.4 Å². The molecule has 4 aliphatic carbocycles. The van der Waals surface area contributed by atoms with Gasteiger partial charge in [-0.15, -0.1) is 0 Å². The highest BCUT2D eigenvalue weighted by Crippen LogP contribution is 2.60. The van der Waals surface area contributed by atoms with Crippen LogP contribution in [0.2, 0.25) is 0 Å². The summed E-state index contributed by atoms with van der Waals surface area (Å²) in [4.78, 5) is 24.8. The summed E-state index contributed by atoms with van der Waals surface area (Å²) in [7, 11) is 0. The summed E-state index contributed by atoms with van der Waals surface area (Å²) in [6.45, 7) is 2.33. The Hall–Kier alpha value is -1.84. The predicted molar refractivity (Wildman–Crippen MR) is 94.6 cm³/mol. The number of rotatable bonds is 5. The van der Waals surface area contributed by atoms with Gasteiger partial charge in [0.05, 0.1) is 5.41 Å². The van der Waals surface area contributed by atoms with E-state index in [1.807, 2.05) is 31.2 Å². The number of amides is 1. The molecule has 4 fully saturated rings. The Morgan fingerprint density at radius 2 is 1.68 bits per heavy atom. The average Bonchev–Trinajstić information content (AvgIpc) is 2.57. The Morgan fingerprint density at radius 1 is 1.08 bits per heavy atom. The van der Waals surface area contributed by atoms with Gasteiger partial charge in [-0.2, -0.15) is 0 Å². The molecule has 0 atom stereocenters. The van der Waals surface area contributed by atoms with Gasteiger partial charge in [-0.25, -0.2) is 0 Å². The molecule has 0 aliphatic heterocycles. The van der Waals surface area contributed by atoms with Crippen LogP contribution in [0.4, 0.5) is 0 Å². The number of ether oxygens (including phenoxy) is 1. The number of carbonyl (C=O) groups excluding carboxylic acids is 2. The van der Waals surface area contributed by atoms with Gasteiger partial charge in [0.2, 0.25) is 0 Å². The third-order valence-corrected chi connectivity index (χ3v) is 6.54. The van der Waals surface area contributed by atoms with Crippen molar-refractivity contribution in [2.45, 2.75) is 52.0 Å². The first-order valence-corrected chi connectivity index (χ1v) is 9.52. The van der Waals surface area contributed by atoms with Crippen molar-refractivity contribution in [3.63, 3.8) is 0 Å². The van der Waals surface area contributed by atoms with E-state index in [0.717, 1.165) is 30.4 Å². The maximum absolute atomic E-state index is 12.7. The predicted octanol–water partition coefficient (Wildman–Crippen LogP) is 3.37. The van der Waals surface area contributed by atoms with E-state index in [4.69, 9.17) is 4.74 Å². The van der Waals surface area contributed by atoms with E-state index in [9.17, 15) is 9.59 Å². The minimum absolute atomic E-state index is 0.127. The van der Waals surface area contributed by atoms with Gasteiger partial charge in [0.25, 0.3) is 5.91 Å². The number of hydrogen-bond donors (Lipinski definition) is 1. The molecule has 134 valence electrons. The van der Waals surface area contributed by atoms with Crippen LogP contribution in [0.3, 0.4) is 0 Å². The lowest BCUT2D eigenvalue weighted by Crippen LogP contribution is -2.51. The highest BCUT2D eigenvalue weighted by Gasteiger charge is 2.55. The van der Waals surface area contributed by atoms with E-state index in [0.29, 0.717) is 24.3 Å². The lowest BCUT2D eigenvalue weighted by Gasteiger charge is -2.55. The van der Waals surface area contributed by atoms with Crippen LogP contribution in [0.25, 0.3) is 0 Å². The highest BCUT2D eigenvalue weighted by molar-refractivity contribution is 5.83. The highest BCUT2D eigenvalue weighted by atomic mass is 16.5. The normalized spacial score (nSPS) is 32.4. The number of nitrogens with one attached hydrogen (secondary N) is 1. The second-order valence-electron chi connectivity index (χ2n) is 8.48. The fourth-order valence-corrected chi connectivity index (χ4v) is 5.70. The van der Waals surface area contributed by atoms with Crippen molar-refractivity contribution < 1.29 is 14.3 Å². The molecule has 0 aromatic heterocycles. The molecule has 0 heterocycles. The van der Waals surface area contributed by atoms with Crippen molar-refractivity contribution in [2.24, 2.45) is 23.2 Å². The lowest BCUT2D eigenvalue weighted by molar-refractivity contribution is -0.173. The fourth-order valence-electron chi connectivity index (χ4n) is 5.70. The van der Waals surface area contributed by atoms with E-state index in [2.05, 4.69) is 5.32 Å². The minimum atomic E-state index is -0.287. The molecule has 0 saturated heterocycles. The summed E-state index contributed by atoms with van der Waals surface area (Å²) < 4.78 is 5.46. The maximum Gasteiger partial charge on any atom is 0.312 e. The second-order valence-corrected chi connectivity index (χ2v) is 8.48. The summed E-state index contributed by atoms with van der Waals surface area (Å²) in [6.07, 6.45) is 6.81. The zero-order chi connectivity index (χ0) is 17.4. The van der Waals surface area contributed by atoms with Crippen LogP contribution < -0.4 is 5.32 Å². The molecule has 1 N–H and O–H groups in total. The van der Waals surface area contributed by atoms with Crippen molar-refractivity contribution in [1.82, 2.24) is 5.32 Å². The van der Waals surface area contributed by atoms with E-state index in [1.54, 1.807) is 0 Å².